The van der Waals surface area contributed by atoms with Gasteiger partial charge < -0.3 is 9.64 Å². The van der Waals surface area contributed by atoms with Gasteiger partial charge in [-0.05, 0) is 48.7 Å². The first-order valence-corrected chi connectivity index (χ1v) is 10.2. The number of hydrogen-bond donors (Lipinski definition) is 1. The Morgan fingerprint density at radius 2 is 1.85 bits per heavy atom. The molecule has 0 radical (unpaired) electrons. The molecule has 0 bridgehead atoms. The molecule has 1 fully saturated rings. The number of amides is 1. The molecule has 2 aliphatic rings. The van der Waals surface area contributed by atoms with E-state index in [-0.39, 0.29) is 10.8 Å². The molecule has 1 saturated heterocycles. The van der Waals surface area contributed by atoms with Crippen LogP contribution in [-0.2, 0) is 16.4 Å². The van der Waals surface area contributed by atoms with Crippen LogP contribution in [0.2, 0.25) is 0 Å². The summed E-state index contributed by atoms with van der Waals surface area (Å²) in [4.78, 5) is 14.7. The Hall–Kier alpha value is -2.54. The molecule has 0 unspecified atom stereocenters. The van der Waals surface area contributed by atoms with Gasteiger partial charge in [0.25, 0.3) is 15.9 Å². The monoisotopic (exact) mass is 372 g/mol. The molecule has 4 rings (SSSR count). The van der Waals surface area contributed by atoms with Crippen molar-refractivity contribution in [2.75, 3.05) is 24.4 Å². The third-order valence-corrected chi connectivity index (χ3v) is 6.13. The van der Waals surface area contributed by atoms with Gasteiger partial charge in [-0.3, -0.25) is 9.52 Å². The standard InChI is InChI=1S/C19H20N2O4S/c22-19(21-10-3-4-11-21)16-5-1-2-6-17(16)20-26(23,24)15-7-8-18-14(13-15)9-12-25-18/h1-2,5-8,13,20H,3-4,9-12H2. The number of rotatable bonds is 4. The number of anilines is 1. The maximum absolute atomic E-state index is 12.8. The van der Waals surface area contributed by atoms with Crippen molar-refractivity contribution in [2.45, 2.75) is 24.2 Å². The first kappa shape index (κ1) is 16.9. The molecule has 2 aromatic rings. The molecule has 2 aliphatic heterocycles. The van der Waals surface area contributed by atoms with Crippen molar-refractivity contribution in [3.63, 3.8) is 0 Å². The number of hydrogen-bond acceptors (Lipinski definition) is 4. The van der Waals surface area contributed by atoms with Gasteiger partial charge >= 0.3 is 0 Å². The molecular formula is C19H20N2O4S. The summed E-state index contributed by atoms with van der Waals surface area (Å²) in [5.74, 6) is 0.594. The Bertz CT molecular complexity index is 950. The summed E-state index contributed by atoms with van der Waals surface area (Å²) in [6, 6.07) is 11.6. The van der Waals surface area contributed by atoms with E-state index < -0.39 is 10.0 Å². The quantitative estimate of drug-likeness (QED) is 0.895. The van der Waals surface area contributed by atoms with Crippen LogP contribution in [0.5, 0.6) is 5.75 Å². The van der Waals surface area contributed by atoms with Gasteiger partial charge in [0.05, 0.1) is 22.8 Å². The predicted octanol–water partition coefficient (Wildman–Crippen LogP) is 2.66. The number of carbonyl (C=O) groups excluding carboxylic acids is 1. The molecule has 1 N–H and O–H groups in total. The maximum atomic E-state index is 12.8. The Morgan fingerprint density at radius 1 is 1.08 bits per heavy atom. The largest absolute Gasteiger partial charge is 0.493 e. The topological polar surface area (TPSA) is 75.7 Å². The van der Waals surface area contributed by atoms with Crippen molar-refractivity contribution in [1.29, 1.82) is 0 Å². The lowest BCUT2D eigenvalue weighted by atomic mass is 10.1. The molecule has 2 aromatic carbocycles. The number of para-hydroxylation sites is 1. The zero-order chi connectivity index (χ0) is 18.1. The molecule has 2 heterocycles. The highest BCUT2D eigenvalue weighted by atomic mass is 32.2. The number of likely N-dealkylation sites (tertiary alicyclic amines) is 1. The number of nitrogens with zero attached hydrogens (tertiary/aromatic N) is 1. The lowest BCUT2D eigenvalue weighted by Crippen LogP contribution is -2.28. The zero-order valence-electron chi connectivity index (χ0n) is 14.3. The number of ether oxygens (including phenoxy) is 1. The summed E-state index contributed by atoms with van der Waals surface area (Å²) in [5.41, 5.74) is 1.57. The third kappa shape index (κ3) is 3.14. The summed E-state index contributed by atoms with van der Waals surface area (Å²) in [5, 5.41) is 0. The van der Waals surface area contributed by atoms with Crippen molar-refractivity contribution in [3.8, 4) is 5.75 Å². The summed E-state index contributed by atoms with van der Waals surface area (Å²) in [7, 11) is -3.79. The van der Waals surface area contributed by atoms with E-state index in [4.69, 9.17) is 4.74 Å². The zero-order valence-corrected chi connectivity index (χ0v) is 15.1. The molecule has 0 atom stereocenters. The SMILES string of the molecule is O=C(c1ccccc1NS(=O)(=O)c1ccc2c(c1)CCO2)N1CCCC1. The summed E-state index contributed by atoms with van der Waals surface area (Å²) < 4.78 is 33.7. The number of nitrogens with one attached hydrogen (secondary N) is 1. The molecule has 0 saturated carbocycles. The van der Waals surface area contributed by atoms with E-state index in [2.05, 4.69) is 4.72 Å². The highest BCUT2D eigenvalue weighted by Gasteiger charge is 2.25. The molecule has 26 heavy (non-hydrogen) atoms. The first-order chi connectivity index (χ1) is 12.5. The molecule has 7 heteroatoms. The predicted molar refractivity (Wildman–Crippen MR) is 98.0 cm³/mol. The van der Waals surface area contributed by atoms with Gasteiger partial charge in [-0.2, -0.15) is 0 Å². The fourth-order valence-electron chi connectivity index (χ4n) is 3.38. The van der Waals surface area contributed by atoms with Crippen molar-refractivity contribution < 1.29 is 17.9 Å². The Kier molecular flexibility index (Phi) is 4.32. The highest BCUT2D eigenvalue weighted by Crippen LogP contribution is 2.29. The van der Waals surface area contributed by atoms with Crippen LogP contribution in [0, 0.1) is 0 Å². The van der Waals surface area contributed by atoms with E-state index >= 15 is 0 Å². The van der Waals surface area contributed by atoms with E-state index in [1.54, 1.807) is 41.3 Å². The van der Waals surface area contributed by atoms with Crippen molar-refractivity contribution in [2.24, 2.45) is 0 Å². The molecule has 0 aliphatic carbocycles. The highest BCUT2D eigenvalue weighted by molar-refractivity contribution is 7.92. The average Bonchev–Trinajstić information content (AvgIpc) is 3.32. The van der Waals surface area contributed by atoms with Gasteiger partial charge in [-0.15, -0.1) is 0 Å². The lowest BCUT2D eigenvalue weighted by Gasteiger charge is -2.18. The van der Waals surface area contributed by atoms with Crippen LogP contribution in [0.25, 0.3) is 0 Å². The molecule has 1 amide bonds. The van der Waals surface area contributed by atoms with Gasteiger partial charge in [0.1, 0.15) is 5.75 Å². The number of sulfonamides is 1. The second-order valence-corrected chi connectivity index (χ2v) is 8.20. The summed E-state index contributed by atoms with van der Waals surface area (Å²) >= 11 is 0. The van der Waals surface area contributed by atoms with Gasteiger partial charge in [0.2, 0.25) is 0 Å². The van der Waals surface area contributed by atoms with E-state index in [0.29, 0.717) is 37.4 Å². The van der Waals surface area contributed by atoms with Gasteiger partial charge in [0.15, 0.2) is 0 Å². The Morgan fingerprint density at radius 3 is 2.65 bits per heavy atom. The van der Waals surface area contributed by atoms with Crippen LogP contribution in [0.4, 0.5) is 5.69 Å². The van der Waals surface area contributed by atoms with Crippen LogP contribution >= 0.6 is 0 Å². The summed E-state index contributed by atoms with van der Waals surface area (Å²) in [6.07, 6.45) is 2.66. The fourth-order valence-corrected chi connectivity index (χ4v) is 4.51. The van der Waals surface area contributed by atoms with Crippen molar-refractivity contribution in [1.82, 2.24) is 4.90 Å². The van der Waals surface area contributed by atoms with Crippen molar-refractivity contribution in [3.05, 3.63) is 53.6 Å². The maximum Gasteiger partial charge on any atom is 0.261 e. The first-order valence-electron chi connectivity index (χ1n) is 8.71. The molecule has 136 valence electrons. The molecule has 0 aromatic heterocycles. The molecule has 6 nitrogen and oxygen atoms in total. The van der Waals surface area contributed by atoms with Crippen LogP contribution in [0.15, 0.2) is 47.4 Å². The van der Waals surface area contributed by atoms with E-state index in [1.165, 1.54) is 6.07 Å². The third-order valence-electron chi connectivity index (χ3n) is 4.77. The van der Waals surface area contributed by atoms with Crippen LogP contribution in [-0.4, -0.2) is 38.9 Å². The van der Waals surface area contributed by atoms with Crippen molar-refractivity contribution >= 4 is 21.6 Å². The minimum atomic E-state index is -3.79. The summed E-state index contributed by atoms with van der Waals surface area (Å²) in [6.45, 7) is 1.99. The molecular weight excluding hydrogens is 352 g/mol. The minimum absolute atomic E-state index is 0.136. The van der Waals surface area contributed by atoms with Gasteiger partial charge in [0, 0.05) is 19.5 Å². The van der Waals surface area contributed by atoms with Crippen LogP contribution < -0.4 is 9.46 Å². The number of fused-ring (bicyclic) bond motifs is 1. The smallest absolute Gasteiger partial charge is 0.261 e. The fraction of sp³-hybridized carbons (Fsp3) is 0.316. The number of benzene rings is 2. The van der Waals surface area contributed by atoms with Gasteiger partial charge in [-0.1, -0.05) is 12.1 Å². The Balaban J connectivity index is 1.63. The minimum Gasteiger partial charge on any atom is -0.493 e. The van der Waals surface area contributed by atoms with Crippen LogP contribution in [0.3, 0.4) is 0 Å². The second-order valence-electron chi connectivity index (χ2n) is 6.52. The van der Waals surface area contributed by atoms with E-state index in [1.807, 2.05) is 0 Å². The van der Waals surface area contributed by atoms with Gasteiger partial charge in [-0.25, -0.2) is 8.42 Å². The Labute approximate surface area is 152 Å². The molecule has 0 spiro atoms. The average molecular weight is 372 g/mol. The number of carbonyl (C=O) groups is 1. The lowest BCUT2D eigenvalue weighted by molar-refractivity contribution is 0.0794. The van der Waals surface area contributed by atoms with E-state index in [0.717, 1.165) is 24.2 Å². The van der Waals surface area contributed by atoms with Crippen LogP contribution in [0.1, 0.15) is 28.8 Å². The second kappa shape index (κ2) is 6.64. The normalized spacial score (nSPS) is 16.2. The van der Waals surface area contributed by atoms with E-state index in [9.17, 15) is 13.2 Å².